The van der Waals surface area contributed by atoms with Crippen molar-refractivity contribution in [3.05, 3.63) is 60.2 Å². The molecule has 2 aromatic rings. The fourth-order valence-corrected chi connectivity index (χ4v) is 4.81. The Balaban J connectivity index is 1.71. The molecule has 0 spiro atoms. The number of rotatable bonds is 7. The highest BCUT2D eigenvalue weighted by Crippen LogP contribution is 2.25. The predicted octanol–water partition coefficient (Wildman–Crippen LogP) is 3.08. The fraction of sp³-hybridized carbons (Fsp3) is 0.391. The Morgan fingerprint density at radius 1 is 0.903 bits per heavy atom. The smallest absolute Gasteiger partial charge is 0.246 e. The third kappa shape index (κ3) is 6.63. The lowest BCUT2D eigenvalue weighted by Crippen LogP contribution is -2.46. The molecular formula is C23H29N3O4S. The molecule has 2 aromatic carbocycles. The van der Waals surface area contributed by atoms with Crippen LogP contribution in [0.5, 0.6) is 0 Å². The number of nitrogens with one attached hydrogen (secondary N) is 2. The molecule has 0 aliphatic carbocycles. The number of amides is 2. The monoisotopic (exact) mass is 443 g/mol. The van der Waals surface area contributed by atoms with E-state index in [-0.39, 0.29) is 29.2 Å². The van der Waals surface area contributed by atoms with E-state index in [0.29, 0.717) is 30.9 Å². The number of hydrogen-bond acceptors (Lipinski definition) is 5. The van der Waals surface area contributed by atoms with Gasteiger partial charge in [-0.3, -0.25) is 14.5 Å². The van der Waals surface area contributed by atoms with E-state index in [1.165, 1.54) is 0 Å². The third-order valence-corrected chi connectivity index (χ3v) is 6.75. The Kier molecular flexibility index (Phi) is 7.46. The van der Waals surface area contributed by atoms with Gasteiger partial charge in [-0.25, -0.2) is 8.42 Å². The minimum atomic E-state index is -3.05. The SMILES string of the molecule is CC(C)CC(=O)Nc1ccc(NC(=O)C(c2ccccc2)N2CCS(=O)(=O)CC2)cc1. The van der Waals surface area contributed by atoms with Gasteiger partial charge in [0.05, 0.1) is 11.5 Å². The van der Waals surface area contributed by atoms with Gasteiger partial charge in [-0.2, -0.15) is 0 Å². The van der Waals surface area contributed by atoms with Gasteiger partial charge in [0.15, 0.2) is 9.84 Å². The molecule has 7 nitrogen and oxygen atoms in total. The predicted molar refractivity (Wildman–Crippen MR) is 123 cm³/mol. The van der Waals surface area contributed by atoms with Crippen molar-refractivity contribution in [1.29, 1.82) is 0 Å². The summed E-state index contributed by atoms with van der Waals surface area (Å²) in [7, 11) is -3.05. The Bertz CT molecular complexity index is 991. The van der Waals surface area contributed by atoms with Crippen LogP contribution in [0.25, 0.3) is 0 Å². The van der Waals surface area contributed by atoms with Crippen molar-refractivity contribution in [1.82, 2.24) is 4.90 Å². The summed E-state index contributed by atoms with van der Waals surface area (Å²) in [6.45, 7) is 4.60. The molecule has 1 heterocycles. The van der Waals surface area contributed by atoms with Gasteiger partial charge < -0.3 is 10.6 Å². The minimum Gasteiger partial charge on any atom is -0.326 e. The number of benzene rings is 2. The van der Waals surface area contributed by atoms with Gasteiger partial charge in [0.2, 0.25) is 11.8 Å². The minimum absolute atomic E-state index is 0.0454. The quantitative estimate of drug-likeness (QED) is 0.686. The molecule has 2 N–H and O–H groups in total. The van der Waals surface area contributed by atoms with Crippen LogP contribution in [0.3, 0.4) is 0 Å². The Morgan fingerprint density at radius 3 is 2.00 bits per heavy atom. The van der Waals surface area contributed by atoms with Crippen molar-refractivity contribution in [3.8, 4) is 0 Å². The second kappa shape index (κ2) is 10.1. The number of carbonyl (C=O) groups is 2. The maximum absolute atomic E-state index is 13.2. The van der Waals surface area contributed by atoms with E-state index in [2.05, 4.69) is 10.6 Å². The average molecular weight is 444 g/mol. The van der Waals surface area contributed by atoms with Crippen LogP contribution in [0, 0.1) is 5.92 Å². The van der Waals surface area contributed by atoms with Crippen LogP contribution in [0.1, 0.15) is 31.9 Å². The number of anilines is 2. The van der Waals surface area contributed by atoms with Gasteiger partial charge in [0.1, 0.15) is 6.04 Å². The summed E-state index contributed by atoms with van der Waals surface area (Å²) in [5, 5.41) is 5.77. The van der Waals surface area contributed by atoms with Gasteiger partial charge in [-0.15, -0.1) is 0 Å². The van der Waals surface area contributed by atoms with Crippen LogP contribution >= 0.6 is 0 Å². The first kappa shape index (κ1) is 23.0. The molecule has 0 radical (unpaired) electrons. The first-order valence-corrected chi connectivity index (χ1v) is 12.3. The topological polar surface area (TPSA) is 95.6 Å². The lowest BCUT2D eigenvalue weighted by molar-refractivity contribution is -0.121. The van der Waals surface area contributed by atoms with E-state index >= 15 is 0 Å². The Morgan fingerprint density at radius 2 is 1.45 bits per heavy atom. The summed E-state index contributed by atoms with van der Waals surface area (Å²) in [5.74, 6) is 0.110. The molecule has 1 fully saturated rings. The molecule has 2 amide bonds. The normalized spacial score (nSPS) is 17.1. The summed E-state index contributed by atoms with van der Waals surface area (Å²) in [6, 6.07) is 15.8. The van der Waals surface area contributed by atoms with E-state index in [0.717, 1.165) is 5.56 Å². The Hall–Kier alpha value is -2.71. The molecule has 0 aromatic heterocycles. The average Bonchev–Trinajstić information content (AvgIpc) is 2.71. The summed E-state index contributed by atoms with van der Waals surface area (Å²) in [6.07, 6.45) is 0.447. The van der Waals surface area contributed by atoms with Crippen LogP contribution < -0.4 is 10.6 Å². The maximum Gasteiger partial charge on any atom is 0.246 e. The summed E-state index contributed by atoms with van der Waals surface area (Å²) < 4.78 is 23.7. The number of hydrogen-bond donors (Lipinski definition) is 2. The first-order valence-electron chi connectivity index (χ1n) is 10.4. The van der Waals surface area contributed by atoms with Gasteiger partial charge in [-0.1, -0.05) is 44.2 Å². The van der Waals surface area contributed by atoms with E-state index in [4.69, 9.17) is 0 Å². The zero-order valence-electron chi connectivity index (χ0n) is 17.9. The molecular weight excluding hydrogens is 414 g/mol. The Labute approximate surface area is 183 Å². The zero-order valence-corrected chi connectivity index (χ0v) is 18.7. The largest absolute Gasteiger partial charge is 0.326 e. The summed E-state index contributed by atoms with van der Waals surface area (Å²) in [4.78, 5) is 27.0. The van der Waals surface area contributed by atoms with Crippen LogP contribution in [0.15, 0.2) is 54.6 Å². The highest BCUT2D eigenvalue weighted by molar-refractivity contribution is 7.91. The molecule has 166 valence electrons. The second-order valence-corrected chi connectivity index (χ2v) is 10.5. The zero-order chi connectivity index (χ0) is 22.4. The van der Waals surface area contributed by atoms with E-state index in [1.54, 1.807) is 24.3 Å². The standard InChI is InChI=1S/C23H29N3O4S/c1-17(2)16-21(27)24-19-8-10-20(11-9-19)25-23(28)22(18-6-4-3-5-7-18)26-12-14-31(29,30)15-13-26/h3-11,17,22H,12-16H2,1-2H3,(H,24,27)(H,25,28). The van der Waals surface area contributed by atoms with Gasteiger partial charge in [0.25, 0.3) is 0 Å². The molecule has 8 heteroatoms. The number of nitrogens with zero attached hydrogens (tertiary/aromatic N) is 1. The van der Waals surface area contributed by atoms with Gasteiger partial charge >= 0.3 is 0 Å². The molecule has 1 atom stereocenters. The third-order valence-electron chi connectivity index (χ3n) is 5.14. The van der Waals surface area contributed by atoms with Crippen molar-refractivity contribution in [2.75, 3.05) is 35.2 Å². The molecule has 1 saturated heterocycles. The number of sulfone groups is 1. The fourth-order valence-electron chi connectivity index (χ4n) is 3.58. The maximum atomic E-state index is 13.2. The highest BCUT2D eigenvalue weighted by atomic mass is 32.2. The molecule has 0 saturated carbocycles. The van der Waals surface area contributed by atoms with Gasteiger partial charge in [-0.05, 0) is 35.7 Å². The van der Waals surface area contributed by atoms with Crippen molar-refractivity contribution in [3.63, 3.8) is 0 Å². The van der Waals surface area contributed by atoms with E-state index in [9.17, 15) is 18.0 Å². The molecule has 1 aliphatic rings. The highest BCUT2D eigenvalue weighted by Gasteiger charge is 2.32. The van der Waals surface area contributed by atoms with Crippen LogP contribution in [-0.2, 0) is 19.4 Å². The van der Waals surface area contributed by atoms with Crippen LogP contribution in [-0.4, -0.2) is 49.7 Å². The van der Waals surface area contributed by atoms with Crippen LogP contribution in [0.4, 0.5) is 11.4 Å². The summed E-state index contributed by atoms with van der Waals surface area (Å²) in [5.41, 5.74) is 2.10. The lowest BCUT2D eigenvalue weighted by Gasteiger charge is -2.33. The van der Waals surface area contributed by atoms with E-state index < -0.39 is 15.9 Å². The van der Waals surface area contributed by atoms with Crippen molar-refractivity contribution in [2.45, 2.75) is 26.3 Å². The first-order chi connectivity index (χ1) is 14.7. The summed E-state index contributed by atoms with van der Waals surface area (Å²) >= 11 is 0. The molecule has 1 unspecified atom stereocenters. The van der Waals surface area contributed by atoms with Crippen molar-refractivity contribution >= 4 is 33.0 Å². The molecule has 31 heavy (non-hydrogen) atoms. The molecule has 0 bridgehead atoms. The van der Waals surface area contributed by atoms with E-state index in [1.807, 2.05) is 49.1 Å². The molecule has 3 rings (SSSR count). The lowest BCUT2D eigenvalue weighted by atomic mass is 10.0. The van der Waals surface area contributed by atoms with Crippen molar-refractivity contribution < 1.29 is 18.0 Å². The van der Waals surface area contributed by atoms with Crippen LogP contribution in [0.2, 0.25) is 0 Å². The molecule has 1 aliphatic heterocycles. The van der Waals surface area contributed by atoms with Gasteiger partial charge in [0, 0.05) is 30.9 Å². The second-order valence-electron chi connectivity index (χ2n) is 8.21. The van der Waals surface area contributed by atoms with Crippen molar-refractivity contribution in [2.24, 2.45) is 5.92 Å². The number of carbonyl (C=O) groups excluding carboxylic acids is 2.